The van der Waals surface area contributed by atoms with E-state index < -0.39 is 60.4 Å². The highest BCUT2D eigenvalue weighted by atomic mass is 32.1. The molecule has 0 saturated carbocycles. The topological polar surface area (TPSA) is 43.6 Å². The lowest BCUT2D eigenvalue weighted by Gasteiger charge is -2.14. The van der Waals surface area contributed by atoms with Gasteiger partial charge >= 0.3 is 0 Å². The lowest BCUT2D eigenvalue weighted by molar-refractivity contribution is 1.08. The quantitative estimate of drug-likeness (QED) is 0.185. The second-order valence-electron chi connectivity index (χ2n) is 12.5. The molecule has 3 heterocycles. The Morgan fingerprint density at radius 2 is 0.981 bits per heavy atom. The van der Waals surface area contributed by atoms with Gasteiger partial charge in [-0.2, -0.15) is 0 Å². The van der Waals surface area contributed by atoms with E-state index in [0.29, 0.717) is 5.56 Å². The average Bonchev–Trinajstić information content (AvgIpc) is 3.82. The lowest BCUT2D eigenvalue weighted by Crippen LogP contribution is -2.01. The molecule has 0 bridgehead atoms. The molecule has 4 nitrogen and oxygen atoms in total. The molecule has 0 atom stereocenters. The van der Waals surface area contributed by atoms with Gasteiger partial charge in [0.05, 0.1) is 35.1 Å². The van der Waals surface area contributed by atoms with Crippen LogP contribution in [-0.2, 0) is 0 Å². The van der Waals surface area contributed by atoms with Gasteiger partial charge in [0, 0.05) is 42.9 Å². The number of hydrogen-bond donors (Lipinski definition) is 0. The fourth-order valence-electron chi connectivity index (χ4n) is 7.27. The average molecular weight is 691 g/mol. The molecule has 3 aromatic heterocycles. The van der Waals surface area contributed by atoms with E-state index >= 15 is 0 Å². The Morgan fingerprint density at radius 1 is 0.481 bits per heavy atom. The van der Waals surface area contributed by atoms with Crippen LogP contribution in [0.5, 0.6) is 0 Å². The van der Waals surface area contributed by atoms with Crippen molar-refractivity contribution < 1.29 is 13.7 Å². The molecule has 0 aliphatic rings. The van der Waals surface area contributed by atoms with Gasteiger partial charge in [-0.1, -0.05) is 127 Å². The van der Waals surface area contributed by atoms with E-state index in [4.69, 9.17) is 23.7 Å². The number of hydrogen-bond acceptors (Lipinski definition) is 4. The SMILES string of the molecule is [2H]c1c([2H])c([2H])c(-c2nc(-c3c([2H])c([2H])c([2H])c([2H])c3[2H])nc(-c3ccc(-n4c5cc6ccccc6cc5c5cc6ccccc6cc54)c4sc5ccccc5c34)n2)c([2H])c1[2H]. The van der Waals surface area contributed by atoms with Crippen LogP contribution in [-0.4, -0.2) is 19.5 Å². The van der Waals surface area contributed by atoms with Gasteiger partial charge < -0.3 is 4.57 Å². The van der Waals surface area contributed by atoms with E-state index in [9.17, 15) is 0 Å². The summed E-state index contributed by atoms with van der Waals surface area (Å²) in [4.78, 5) is 14.1. The Morgan fingerprint density at radius 3 is 1.56 bits per heavy atom. The highest BCUT2D eigenvalue weighted by Crippen LogP contribution is 2.45. The zero-order valence-corrected chi connectivity index (χ0v) is 27.9. The van der Waals surface area contributed by atoms with Gasteiger partial charge in [0.2, 0.25) is 0 Å². The molecule has 0 amide bonds. The third kappa shape index (κ3) is 4.50. The predicted octanol–water partition coefficient (Wildman–Crippen LogP) is 12.6. The molecule has 0 unspecified atom stereocenters. The van der Waals surface area contributed by atoms with Crippen molar-refractivity contribution in [2.75, 3.05) is 0 Å². The molecular formula is C47H28N4S. The van der Waals surface area contributed by atoms with Crippen molar-refractivity contribution in [2.24, 2.45) is 0 Å². The molecule has 0 aliphatic heterocycles. The summed E-state index contributed by atoms with van der Waals surface area (Å²) >= 11 is 1.59. The monoisotopic (exact) mass is 690 g/mol. The fourth-order valence-corrected chi connectivity index (χ4v) is 8.50. The van der Waals surface area contributed by atoms with E-state index in [-0.39, 0.29) is 28.6 Å². The summed E-state index contributed by atoms with van der Waals surface area (Å²) in [6.45, 7) is 0. The molecule has 0 spiro atoms. The lowest BCUT2D eigenvalue weighted by atomic mass is 10.0. The Hall–Kier alpha value is -6.69. The normalized spacial score (nSPS) is 14.5. The van der Waals surface area contributed by atoms with Gasteiger partial charge in [-0.3, -0.25) is 0 Å². The predicted molar refractivity (Wildman–Crippen MR) is 218 cm³/mol. The Balaban J connectivity index is 1.26. The number of benzene rings is 8. The molecule has 0 saturated heterocycles. The molecule has 11 rings (SSSR count). The first kappa shape index (κ1) is 20.9. The molecule has 52 heavy (non-hydrogen) atoms. The minimum Gasteiger partial charge on any atom is -0.308 e. The second kappa shape index (κ2) is 11.4. The molecular weight excluding hydrogens is 653 g/mol. The third-order valence-corrected chi connectivity index (χ3v) is 10.8. The van der Waals surface area contributed by atoms with Crippen LogP contribution in [0.2, 0.25) is 0 Å². The van der Waals surface area contributed by atoms with Crippen molar-refractivity contribution in [3.63, 3.8) is 0 Å². The Bertz CT molecular complexity index is 3550. The molecule has 0 radical (unpaired) electrons. The van der Waals surface area contributed by atoms with Crippen LogP contribution in [0.15, 0.2) is 170 Å². The number of fused-ring (bicyclic) bond motifs is 8. The molecule has 8 aromatic carbocycles. The van der Waals surface area contributed by atoms with Crippen molar-refractivity contribution in [2.45, 2.75) is 0 Å². The summed E-state index contributed by atoms with van der Waals surface area (Å²) in [5.74, 6) is -0.610. The summed E-state index contributed by atoms with van der Waals surface area (Å²) in [7, 11) is 0. The van der Waals surface area contributed by atoms with E-state index in [1.807, 2.05) is 60.7 Å². The molecule has 0 fully saturated rings. The third-order valence-electron chi connectivity index (χ3n) is 9.57. The van der Waals surface area contributed by atoms with Crippen molar-refractivity contribution in [3.05, 3.63) is 170 Å². The molecule has 5 heteroatoms. The van der Waals surface area contributed by atoms with Gasteiger partial charge in [0.15, 0.2) is 17.5 Å². The second-order valence-corrected chi connectivity index (χ2v) is 13.6. The molecule has 11 aromatic rings. The number of nitrogens with zero attached hydrogens (tertiary/aromatic N) is 4. The van der Waals surface area contributed by atoms with Gasteiger partial charge in [-0.15, -0.1) is 11.3 Å². The molecule has 0 N–H and O–H groups in total. The standard InChI is InChI=1S/C47H28N4S/c1-3-13-29(14-4-1)45-48-46(30-15-5-2-6-16-30)50-47(49-45)36-23-24-39(44-43(36)35-21-11-12-22-42(35)52-44)51-40-27-33-19-9-7-17-31(33)25-37(40)38-26-32-18-8-10-20-34(32)28-41(38)51/h1-28H/i1D,2D,3D,4D,5D,6D,13D,14D,15D,16D. The maximum atomic E-state index is 8.83. The number of rotatable bonds is 4. The largest absolute Gasteiger partial charge is 0.308 e. The molecule has 0 aliphatic carbocycles. The minimum absolute atomic E-state index is 0.0166. The van der Waals surface area contributed by atoms with Crippen LogP contribution in [0.3, 0.4) is 0 Å². The van der Waals surface area contributed by atoms with Crippen molar-refractivity contribution in [1.29, 1.82) is 0 Å². The zero-order chi connectivity index (χ0) is 42.9. The maximum absolute atomic E-state index is 8.83. The first-order valence-electron chi connectivity index (χ1n) is 21.6. The summed E-state index contributed by atoms with van der Waals surface area (Å²) < 4.78 is 89.6. The highest BCUT2D eigenvalue weighted by Gasteiger charge is 2.22. The smallest absolute Gasteiger partial charge is 0.164 e. The van der Waals surface area contributed by atoms with Crippen LogP contribution in [0.1, 0.15) is 13.7 Å². The zero-order valence-electron chi connectivity index (χ0n) is 37.1. The summed E-state index contributed by atoms with van der Waals surface area (Å²) in [6, 6.07) is 31.4. The van der Waals surface area contributed by atoms with Gasteiger partial charge in [-0.25, -0.2) is 15.0 Å². The maximum Gasteiger partial charge on any atom is 0.164 e. The summed E-state index contributed by atoms with van der Waals surface area (Å²) in [6.07, 6.45) is 0. The van der Waals surface area contributed by atoms with Crippen LogP contribution in [0.25, 0.3) is 103 Å². The van der Waals surface area contributed by atoms with Gasteiger partial charge in [0.25, 0.3) is 0 Å². The van der Waals surface area contributed by atoms with Crippen LogP contribution >= 0.6 is 11.3 Å². The van der Waals surface area contributed by atoms with Crippen molar-refractivity contribution >= 4 is 74.9 Å². The van der Waals surface area contributed by atoms with Crippen LogP contribution < -0.4 is 0 Å². The minimum atomic E-state index is -0.602. The van der Waals surface area contributed by atoms with Crippen LogP contribution in [0.4, 0.5) is 0 Å². The van der Waals surface area contributed by atoms with E-state index in [0.717, 1.165) is 69.2 Å². The van der Waals surface area contributed by atoms with E-state index in [2.05, 4.69) is 58.1 Å². The molecule has 242 valence electrons. The Kier molecular flexibility index (Phi) is 4.58. The first-order chi connectivity index (χ1) is 29.9. The number of aromatic nitrogens is 4. The highest BCUT2D eigenvalue weighted by molar-refractivity contribution is 7.26. The van der Waals surface area contributed by atoms with Crippen molar-refractivity contribution in [1.82, 2.24) is 19.5 Å². The summed E-state index contributed by atoms with van der Waals surface area (Å²) in [5, 5.41) is 8.24. The number of thiophene rings is 1. The van der Waals surface area contributed by atoms with E-state index in [1.165, 1.54) is 0 Å². The van der Waals surface area contributed by atoms with Crippen molar-refractivity contribution in [3.8, 4) is 39.9 Å². The van der Waals surface area contributed by atoms with Gasteiger partial charge in [-0.05, 0) is 64.0 Å². The van der Waals surface area contributed by atoms with Crippen LogP contribution in [0, 0.1) is 0 Å². The fraction of sp³-hybridized carbons (Fsp3) is 0. The Labute approximate surface area is 317 Å². The van der Waals surface area contributed by atoms with E-state index in [1.54, 1.807) is 11.3 Å². The summed E-state index contributed by atoms with van der Waals surface area (Å²) in [5.41, 5.74) is 2.77. The first-order valence-corrected chi connectivity index (χ1v) is 17.4. The van der Waals surface area contributed by atoms with Gasteiger partial charge in [0.1, 0.15) is 0 Å².